The predicted octanol–water partition coefficient (Wildman–Crippen LogP) is 7.04. The van der Waals surface area contributed by atoms with Crippen molar-refractivity contribution in [3.8, 4) is 17.6 Å². The van der Waals surface area contributed by atoms with E-state index in [1.54, 1.807) is 0 Å². The summed E-state index contributed by atoms with van der Waals surface area (Å²) in [4.78, 5) is 0. The zero-order valence-electron chi connectivity index (χ0n) is 16.5. The van der Waals surface area contributed by atoms with Crippen molar-refractivity contribution in [3.05, 3.63) is 48.1 Å². The summed E-state index contributed by atoms with van der Waals surface area (Å²) in [6.07, 6.45) is 19.0. The Morgan fingerprint density at radius 2 is 1.69 bits per heavy atom. The lowest BCUT2D eigenvalue weighted by Crippen LogP contribution is -2.12. The fraction of sp³-hybridized carbons (Fsp3) is 0.520. The molecule has 140 valence electrons. The maximum atomic E-state index is 5.59. The lowest BCUT2D eigenvalue weighted by atomic mass is 9.80. The van der Waals surface area contributed by atoms with Crippen LogP contribution >= 0.6 is 0 Å². The molecule has 0 spiro atoms. The van der Waals surface area contributed by atoms with Gasteiger partial charge in [-0.25, -0.2) is 0 Å². The first kappa shape index (κ1) is 20.4. The number of hydrogen-bond donors (Lipinski definition) is 0. The molecule has 1 aromatic carbocycles. The molecule has 1 aromatic rings. The summed E-state index contributed by atoms with van der Waals surface area (Å²) >= 11 is 0. The summed E-state index contributed by atoms with van der Waals surface area (Å²) in [5.41, 5.74) is 1.15. The van der Waals surface area contributed by atoms with Crippen molar-refractivity contribution in [2.75, 3.05) is 6.61 Å². The Hall–Kier alpha value is -1.94. The van der Waals surface area contributed by atoms with E-state index in [9.17, 15) is 0 Å². The second-order valence-electron chi connectivity index (χ2n) is 7.32. The quantitative estimate of drug-likeness (QED) is 0.457. The molecule has 1 heteroatoms. The van der Waals surface area contributed by atoms with Crippen molar-refractivity contribution in [3.63, 3.8) is 0 Å². The van der Waals surface area contributed by atoms with Crippen LogP contribution in [0.4, 0.5) is 0 Å². The molecule has 0 saturated heterocycles. The van der Waals surface area contributed by atoms with E-state index in [-0.39, 0.29) is 0 Å². The molecular formula is C25H34O. The predicted molar refractivity (Wildman–Crippen MR) is 113 cm³/mol. The van der Waals surface area contributed by atoms with Crippen molar-refractivity contribution < 1.29 is 4.74 Å². The smallest absolute Gasteiger partial charge is 0.119 e. The lowest BCUT2D eigenvalue weighted by Gasteiger charge is -2.26. The van der Waals surface area contributed by atoms with Crippen molar-refractivity contribution in [1.82, 2.24) is 0 Å². The Kier molecular flexibility index (Phi) is 9.73. The molecule has 0 bridgehead atoms. The number of rotatable bonds is 8. The molecule has 2 rings (SSSR count). The molecule has 0 atom stereocenters. The summed E-state index contributed by atoms with van der Waals surface area (Å²) in [7, 11) is 0. The number of ether oxygens (including phenoxy) is 1. The van der Waals surface area contributed by atoms with E-state index < -0.39 is 0 Å². The molecule has 1 aliphatic carbocycles. The van der Waals surface area contributed by atoms with Gasteiger partial charge in [0.25, 0.3) is 0 Å². The lowest BCUT2D eigenvalue weighted by molar-refractivity contribution is 0.291. The molecule has 1 fully saturated rings. The Bertz CT molecular complexity index is 604. The van der Waals surface area contributed by atoms with E-state index in [2.05, 4.69) is 43.9 Å². The molecule has 0 aromatic heterocycles. The first-order chi connectivity index (χ1) is 12.8. The van der Waals surface area contributed by atoms with Gasteiger partial charge >= 0.3 is 0 Å². The van der Waals surface area contributed by atoms with Gasteiger partial charge in [-0.2, -0.15) is 0 Å². The van der Waals surface area contributed by atoms with Crippen molar-refractivity contribution in [2.45, 2.75) is 65.2 Å². The third kappa shape index (κ3) is 7.96. The minimum Gasteiger partial charge on any atom is -0.494 e. The second-order valence-corrected chi connectivity index (χ2v) is 7.32. The van der Waals surface area contributed by atoms with E-state index in [4.69, 9.17) is 4.74 Å². The standard InChI is InChI=1S/C25H34O/c1-3-5-10-22-13-15-23(16-14-22)11-8-6-7-9-12-24-17-19-25(20-18-24)26-21-4-2/h8-9,11-12,17-20,22-23H,3-5,10,13-16,21H2,1-2H3. The Balaban J connectivity index is 1.69. The first-order valence-corrected chi connectivity index (χ1v) is 10.4. The van der Waals surface area contributed by atoms with E-state index in [1.807, 2.05) is 30.4 Å². The van der Waals surface area contributed by atoms with Crippen LogP contribution in [-0.2, 0) is 0 Å². The average molecular weight is 351 g/mol. The molecule has 1 nitrogen and oxygen atoms in total. The summed E-state index contributed by atoms with van der Waals surface area (Å²) in [6, 6.07) is 8.16. The minimum absolute atomic E-state index is 0.738. The number of benzene rings is 1. The van der Waals surface area contributed by atoms with Crippen LogP contribution < -0.4 is 4.74 Å². The highest BCUT2D eigenvalue weighted by Crippen LogP contribution is 2.32. The molecule has 0 radical (unpaired) electrons. The first-order valence-electron chi connectivity index (χ1n) is 10.4. The Morgan fingerprint density at radius 1 is 0.962 bits per heavy atom. The van der Waals surface area contributed by atoms with Crippen LogP contribution in [0.2, 0.25) is 0 Å². The largest absolute Gasteiger partial charge is 0.494 e. The maximum Gasteiger partial charge on any atom is 0.119 e. The molecule has 26 heavy (non-hydrogen) atoms. The van der Waals surface area contributed by atoms with E-state index in [0.29, 0.717) is 0 Å². The van der Waals surface area contributed by atoms with Crippen molar-refractivity contribution >= 4 is 6.08 Å². The molecule has 1 aliphatic rings. The van der Waals surface area contributed by atoms with E-state index in [0.717, 1.165) is 36.2 Å². The highest BCUT2D eigenvalue weighted by atomic mass is 16.5. The van der Waals surface area contributed by atoms with Crippen molar-refractivity contribution in [1.29, 1.82) is 0 Å². The fourth-order valence-corrected chi connectivity index (χ4v) is 3.48. The summed E-state index contributed by atoms with van der Waals surface area (Å²) in [5.74, 6) is 8.91. The summed E-state index contributed by atoms with van der Waals surface area (Å²) in [5, 5.41) is 0. The third-order valence-corrected chi connectivity index (χ3v) is 5.10. The van der Waals surface area contributed by atoms with Crippen LogP contribution in [0.5, 0.6) is 5.75 Å². The van der Waals surface area contributed by atoms with Crippen LogP contribution in [0.15, 0.2) is 42.5 Å². The Morgan fingerprint density at radius 3 is 2.38 bits per heavy atom. The zero-order chi connectivity index (χ0) is 18.5. The fourth-order valence-electron chi connectivity index (χ4n) is 3.48. The van der Waals surface area contributed by atoms with Gasteiger partial charge < -0.3 is 4.74 Å². The van der Waals surface area contributed by atoms with Crippen LogP contribution in [0, 0.1) is 23.7 Å². The molecule has 1 saturated carbocycles. The van der Waals surface area contributed by atoms with Crippen LogP contribution in [-0.4, -0.2) is 6.61 Å². The number of allylic oxidation sites excluding steroid dienone is 3. The molecule has 0 unspecified atom stereocenters. The molecular weight excluding hydrogens is 316 g/mol. The van der Waals surface area contributed by atoms with Gasteiger partial charge in [0.15, 0.2) is 0 Å². The summed E-state index contributed by atoms with van der Waals surface area (Å²) in [6.45, 7) is 5.18. The topological polar surface area (TPSA) is 9.23 Å². The van der Waals surface area contributed by atoms with Crippen molar-refractivity contribution in [2.24, 2.45) is 11.8 Å². The number of hydrogen-bond acceptors (Lipinski definition) is 1. The molecule has 0 amide bonds. The van der Waals surface area contributed by atoms with Gasteiger partial charge in [-0.15, -0.1) is 0 Å². The third-order valence-electron chi connectivity index (χ3n) is 5.10. The molecule has 0 heterocycles. The highest BCUT2D eigenvalue weighted by molar-refractivity contribution is 5.54. The maximum absolute atomic E-state index is 5.59. The molecule has 0 N–H and O–H groups in total. The van der Waals surface area contributed by atoms with Crippen LogP contribution in [0.1, 0.15) is 70.8 Å². The van der Waals surface area contributed by atoms with Crippen LogP contribution in [0.3, 0.4) is 0 Å². The van der Waals surface area contributed by atoms with Gasteiger partial charge in [0.2, 0.25) is 0 Å². The normalized spacial score (nSPS) is 20.2. The van der Waals surface area contributed by atoms with Crippen LogP contribution in [0.25, 0.3) is 6.08 Å². The van der Waals surface area contributed by atoms with Gasteiger partial charge in [-0.05, 0) is 79.9 Å². The summed E-state index contributed by atoms with van der Waals surface area (Å²) < 4.78 is 5.59. The molecule has 0 aliphatic heterocycles. The Labute approximate surface area is 160 Å². The van der Waals surface area contributed by atoms with E-state index >= 15 is 0 Å². The minimum atomic E-state index is 0.738. The highest BCUT2D eigenvalue weighted by Gasteiger charge is 2.18. The van der Waals surface area contributed by atoms with Gasteiger partial charge in [0.05, 0.1) is 6.61 Å². The van der Waals surface area contributed by atoms with Gasteiger partial charge in [-0.1, -0.05) is 63.2 Å². The van der Waals surface area contributed by atoms with E-state index in [1.165, 1.54) is 44.9 Å². The monoisotopic (exact) mass is 350 g/mol. The average Bonchev–Trinajstić information content (AvgIpc) is 2.69. The zero-order valence-corrected chi connectivity index (χ0v) is 16.5. The SMILES string of the molecule is CCCCC1CCC(C=CC#CC=Cc2ccc(OCCC)cc2)CC1. The number of unbranched alkanes of at least 4 members (excludes halogenated alkanes) is 1. The van der Waals surface area contributed by atoms with Gasteiger partial charge in [0, 0.05) is 0 Å². The van der Waals surface area contributed by atoms with Gasteiger partial charge in [0.1, 0.15) is 5.75 Å². The second kappa shape index (κ2) is 12.4. The van der Waals surface area contributed by atoms with Gasteiger partial charge in [-0.3, -0.25) is 0 Å².